The molecule has 0 aliphatic rings. The first-order valence-corrected chi connectivity index (χ1v) is 9.76. The van der Waals surface area contributed by atoms with E-state index in [0.29, 0.717) is 5.56 Å². The number of thiocarbonyl (C=S) groups is 2. The Balaban J connectivity index is 2.93. The normalized spacial score (nSPS) is 12.9. The van der Waals surface area contributed by atoms with Crippen molar-refractivity contribution in [3.63, 3.8) is 0 Å². The highest BCUT2D eigenvalue weighted by Gasteiger charge is 2.27. The molecule has 0 amide bonds. The summed E-state index contributed by atoms with van der Waals surface area (Å²) in [5.41, 5.74) is 5.41. The van der Waals surface area contributed by atoms with Gasteiger partial charge in [0.25, 0.3) is 0 Å². The van der Waals surface area contributed by atoms with Gasteiger partial charge in [-0.2, -0.15) is 36.5 Å². The van der Waals surface area contributed by atoms with Crippen LogP contribution in [0.1, 0.15) is 12.5 Å². The summed E-state index contributed by atoms with van der Waals surface area (Å²) >= 11 is 11.5. The Kier molecular flexibility index (Phi) is 10.2. The van der Waals surface area contributed by atoms with E-state index in [0.717, 1.165) is 3.57 Å². The van der Waals surface area contributed by atoms with Crippen molar-refractivity contribution in [2.24, 2.45) is 10.2 Å². The number of alkyl halides is 6. The van der Waals surface area contributed by atoms with Gasteiger partial charge < -0.3 is 10.6 Å². The smallest absolute Gasteiger partial charge is 0.352 e. The molecular formula is C15H15F6IN6S2. The minimum Gasteiger partial charge on any atom is -0.352 e. The zero-order chi connectivity index (χ0) is 22.9. The molecule has 6 nitrogen and oxygen atoms in total. The maximum absolute atomic E-state index is 12.3. The number of hydrazone groups is 2. The van der Waals surface area contributed by atoms with Gasteiger partial charge in [0.05, 0.1) is 5.71 Å². The lowest BCUT2D eigenvalue weighted by molar-refractivity contribution is -0.122. The first-order chi connectivity index (χ1) is 13.8. The minimum absolute atomic E-state index is 0.175. The molecule has 0 aromatic heterocycles. The molecule has 0 radical (unpaired) electrons. The lowest BCUT2D eigenvalue weighted by Gasteiger charge is -2.13. The van der Waals surface area contributed by atoms with Crippen molar-refractivity contribution < 1.29 is 26.3 Å². The molecule has 4 N–H and O–H groups in total. The second-order valence-electron chi connectivity index (χ2n) is 5.48. The molecule has 1 rings (SSSR count). The van der Waals surface area contributed by atoms with E-state index in [9.17, 15) is 26.3 Å². The van der Waals surface area contributed by atoms with Crippen molar-refractivity contribution >= 4 is 68.7 Å². The molecule has 0 spiro atoms. The van der Waals surface area contributed by atoms with Crippen LogP contribution in [0.15, 0.2) is 34.5 Å². The first kappa shape index (κ1) is 26.3. The fraction of sp³-hybridized carbons (Fsp3) is 0.333. The molecule has 1 aromatic rings. The molecule has 0 saturated heterocycles. The third kappa shape index (κ3) is 11.4. The average Bonchev–Trinajstić information content (AvgIpc) is 2.63. The predicted molar refractivity (Wildman–Crippen MR) is 118 cm³/mol. The molecule has 0 bridgehead atoms. The molecule has 30 heavy (non-hydrogen) atoms. The Morgan fingerprint density at radius 3 is 1.73 bits per heavy atom. The van der Waals surface area contributed by atoms with Crippen LogP contribution in [0.25, 0.3) is 0 Å². The topological polar surface area (TPSA) is 72.8 Å². The molecular weight excluding hydrogens is 569 g/mol. The summed E-state index contributed by atoms with van der Waals surface area (Å²) in [4.78, 5) is 0. The monoisotopic (exact) mass is 584 g/mol. The Morgan fingerprint density at radius 2 is 1.30 bits per heavy atom. The fourth-order valence-corrected chi connectivity index (χ4v) is 2.29. The number of hydrogen-bond donors (Lipinski definition) is 4. The van der Waals surface area contributed by atoms with E-state index >= 15 is 0 Å². The van der Waals surface area contributed by atoms with Crippen LogP contribution < -0.4 is 21.5 Å². The molecule has 0 saturated carbocycles. The minimum atomic E-state index is -4.46. The van der Waals surface area contributed by atoms with Gasteiger partial charge in [0, 0.05) is 9.13 Å². The van der Waals surface area contributed by atoms with Crippen molar-refractivity contribution in [2.45, 2.75) is 19.3 Å². The van der Waals surface area contributed by atoms with E-state index in [2.05, 4.69) is 43.6 Å². The molecule has 0 aliphatic carbocycles. The van der Waals surface area contributed by atoms with Crippen LogP contribution in [0.3, 0.4) is 0 Å². The number of nitrogens with one attached hydrogen (secondary N) is 4. The zero-order valence-electron chi connectivity index (χ0n) is 15.1. The summed E-state index contributed by atoms with van der Waals surface area (Å²) in [5.74, 6) is 0. The molecule has 15 heteroatoms. The van der Waals surface area contributed by atoms with E-state index in [-0.39, 0.29) is 21.6 Å². The Labute approximate surface area is 192 Å². The molecule has 0 unspecified atom stereocenters. The maximum Gasteiger partial charge on any atom is 0.405 e. The van der Waals surface area contributed by atoms with Gasteiger partial charge in [0.2, 0.25) is 0 Å². The predicted octanol–water partition coefficient (Wildman–Crippen LogP) is 3.42. The van der Waals surface area contributed by atoms with Crippen molar-refractivity contribution in [1.29, 1.82) is 0 Å². The maximum atomic E-state index is 12.3. The second-order valence-corrected chi connectivity index (χ2v) is 7.55. The summed E-state index contributed by atoms with van der Waals surface area (Å²) in [6.45, 7) is -1.21. The number of benzene rings is 1. The Morgan fingerprint density at radius 1 is 0.867 bits per heavy atom. The first-order valence-electron chi connectivity index (χ1n) is 7.86. The van der Waals surface area contributed by atoms with Crippen LogP contribution in [-0.4, -0.2) is 47.1 Å². The molecule has 0 aliphatic heterocycles. The standard InChI is InChI=1S/C15H15F6IN6S2/c1-8(25-27-12(29)23-6-14(16,17)18)11(9-2-4-10(22)5-3-9)26-28-13(30)24-7-15(19,20)21/h2-5H,6-7H2,1H3,(H2,23,27,29)(H2,24,28,30)/b25-8+,26-11-. The summed E-state index contributed by atoms with van der Waals surface area (Å²) in [6.07, 6.45) is -8.92. The third-order valence-corrected chi connectivity index (χ3v) is 4.14. The van der Waals surface area contributed by atoms with Crippen molar-refractivity contribution in [3.8, 4) is 0 Å². The van der Waals surface area contributed by atoms with Gasteiger partial charge in [0.1, 0.15) is 18.8 Å². The SMILES string of the molecule is CC(=N\NC(=S)NCC(F)(F)F)/C(=N/NC(=S)NCC(F)(F)F)c1ccc(I)cc1. The molecule has 0 atom stereocenters. The van der Waals surface area contributed by atoms with Crippen molar-refractivity contribution in [2.75, 3.05) is 13.1 Å². The fourth-order valence-electron chi connectivity index (χ4n) is 1.70. The van der Waals surface area contributed by atoms with Crippen LogP contribution in [0, 0.1) is 3.57 Å². The lowest BCUT2D eigenvalue weighted by atomic mass is 10.1. The van der Waals surface area contributed by atoms with Crippen LogP contribution in [-0.2, 0) is 0 Å². The molecule has 0 fully saturated rings. The van der Waals surface area contributed by atoms with Crippen LogP contribution in [0.4, 0.5) is 26.3 Å². The number of rotatable bonds is 6. The van der Waals surface area contributed by atoms with Gasteiger partial charge in [-0.15, -0.1) is 0 Å². The highest BCUT2D eigenvalue weighted by molar-refractivity contribution is 14.1. The summed E-state index contributed by atoms with van der Waals surface area (Å²) in [5, 5.41) is 11.0. The third-order valence-electron chi connectivity index (χ3n) is 2.95. The highest BCUT2D eigenvalue weighted by Crippen LogP contribution is 2.13. The lowest BCUT2D eigenvalue weighted by Crippen LogP contribution is -2.40. The van der Waals surface area contributed by atoms with E-state index in [1.165, 1.54) is 6.92 Å². The number of halogens is 7. The van der Waals surface area contributed by atoms with Crippen LogP contribution in [0.2, 0.25) is 0 Å². The van der Waals surface area contributed by atoms with E-state index < -0.39 is 25.4 Å². The molecule has 1 aromatic carbocycles. The molecule has 0 heterocycles. The quantitative estimate of drug-likeness (QED) is 0.135. The highest BCUT2D eigenvalue weighted by atomic mass is 127. The number of nitrogens with zero attached hydrogens (tertiary/aromatic N) is 2. The summed E-state index contributed by atoms with van der Waals surface area (Å²) < 4.78 is 74.3. The van der Waals surface area contributed by atoms with Gasteiger partial charge in [-0.05, 0) is 66.1 Å². The second kappa shape index (κ2) is 11.6. The molecule has 166 valence electrons. The number of hydrogen-bond acceptors (Lipinski definition) is 4. The summed E-state index contributed by atoms with van der Waals surface area (Å²) in [7, 11) is 0. The van der Waals surface area contributed by atoms with Crippen LogP contribution in [0.5, 0.6) is 0 Å². The van der Waals surface area contributed by atoms with Crippen molar-refractivity contribution in [3.05, 3.63) is 33.4 Å². The van der Waals surface area contributed by atoms with Gasteiger partial charge in [0.15, 0.2) is 10.2 Å². The average molecular weight is 584 g/mol. The Hall–Kier alpha value is -1.75. The zero-order valence-corrected chi connectivity index (χ0v) is 18.9. The Bertz CT molecular complexity index is 807. The van der Waals surface area contributed by atoms with Gasteiger partial charge in [-0.3, -0.25) is 10.9 Å². The van der Waals surface area contributed by atoms with Gasteiger partial charge >= 0.3 is 12.4 Å². The van der Waals surface area contributed by atoms with E-state index in [4.69, 9.17) is 24.4 Å². The summed E-state index contributed by atoms with van der Waals surface area (Å²) in [6, 6.07) is 6.85. The van der Waals surface area contributed by atoms with Crippen LogP contribution >= 0.6 is 47.0 Å². The van der Waals surface area contributed by atoms with Crippen molar-refractivity contribution in [1.82, 2.24) is 21.5 Å². The van der Waals surface area contributed by atoms with E-state index in [1.807, 2.05) is 10.6 Å². The van der Waals surface area contributed by atoms with E-state index in [1.54, 1.807) is 24.3 Å². The largest absolute Gasteiger partial charge is 0.405 e. The van der Waals surface area contributed by atoms with Gasteiger partial charge in [-0.25, -0.2) is 0 Å². The van der Waals surface area contributed by atoms with Gasteiger partial charge in [-0.1, -0.05) is 12.1 Å².